The lowest BCUT2D eigenvalue weighted by molar-refractivity contribution is 0.0811. The van der Waals surface area contributed by atoms with Gasteiger partial charge in [0.05, 0.1) is 13.2 Å². The number of ether oxygens (including phenoxy) is 1. The summed E-state index contributed by atoms with van der Waals surface area (Å²) in [5.74, 6) is 0. The molecule has 1 saturated carbocycles. The van der Waals surface area contributed by atoms with E-state index < -0.39 is 0 Å². The van der Waals surface area contributed by atoms with Crippen molar-refractivity contribution in [2.45, 2.75) is 51.0 Å². The monoisotopic (exact) mass is 197 g/mol. The molecule has 0 amide bonds. The van der Waals surface area contributed by atoms with Crippen LogP contribution in [0.5, 0.6) is 0 Å². The Bertz CT molecular complexity index is 183. The summed E-state index contributed by atoms with van der Waals surface area (Å²) in [5, 5.41) is 0. The Kier molecular flexibility index (Phi) is 4.63. The van der Waals surface area contributed by atoms with E-state index in [0.717, 1.165) is 24.8 Å². The highest BCUT2D eigenvalue weighted by Gasteiger charge is 2.27. The van der Waals surface area contributed by atoms with E-state index in [9.17, 15) is 0 Å². The summed E-state index contributed by atoms with van der Waals surface area (Å²) in [6.45, 7) is 7.39. The van der Waals surface area contributed by atoms with Gasteiger partial charge in [-0.2, -0.15) is 0 Å². The van der Waals surface area contributed by atoms with Gasteiger partial charge in [0.15, 0.2) is 0 Å². The first-order valence-electron chi connectivity index (χ1n) is 5.69. The van der Waals surface area contributed by atoms with Crippen molar-refractivity contribution in [1.29, 1.82) is 0 Å². The normalized spacial score (nSPS) is 20.7. The van der Waals surface area contributed by atoms with Crippen molar-refractivity contribution in [1.82, 2.24) is 0 Å². The lowest BCUT2D eigenvalue weighted by Crippen LogP contribution is -2.46. The summed E-state index contributed by atoms with van der Waals surface area (Å²) < 4.78 is 5.60. The van der Waals surface area contributed by atoms with E-state index in [0.29, 0.717) is 13.2 Å². The van der Waals surface area contributed by atoms with Gasteiger partial charge >= 0.3 is 0 Å². The van der Waals surface area contributed by atoms with Gasteiger partial charge < -0.3 is 10.5 Å². The van der Waals surface area contributed by atoms with E-state index in [4.69, 9.17) is 10.5 Å². The predicted molar refractivity (Wildman–Crippen MR) is 60.3 cm³/mol. The fourth-order valence-electron chi connectivity index (χ4n) is 1.90. The molecule has 0 saturated heterocycles. The van der Waals surface area contributed by atoms with Gasteiger partial charge in [0.1, 0.15) is 0 Å². The number of hydrogen-bond acceptors (Lipinski definition) is 2. The van der Waals surface area contributed by atoms with Gasteiger partial charge in [-0.05, 0) is 19.3 Å². The van der Waals surface area contributed by atoms with Crippen LogP contribution in [-0.4, -0.2) is 18.8 Å². The molecule has 0 atom stereocenters. The molecule has 0 radical (unpaired) electrons. The highest BCUT2D eigenvalue weighted by atomic mass is 16.5. The van der Waals surface area contributed by atoms with Crippen LogP contribution in [0.1, 0.15) is 45.4 Å². The van der Waals surface area contributed by atoms with Crippen molar-refractivity contribution in [2.24, 2.45) is 5.73 Å². The Hall–Kier alpha value is -0.340. The Morgan fingerprint density at radius 3 is 2.57 bits per heavy atom. The molecule has 0 spiro atoms. The second-order valence-corrected chi connectivity index (χ2v) is 4.52. The molecule has 1 rings (SSSR count). The molecule has 0 aromatic carbocycles. The van der Waals surface area contributed by atoms with E-state index in [1.54, 1.807) is 0 Å². The van der Waals surface area contributed by atoms with Crippen LogP contribution in [0.2, 0.25) is 0 Å². The molecular weight excluding hydrogens is 174 g/mol. The van der Waals surface area contributed by atoms with Crippen LogP contribution in [-0.2, 0) is 4.74 Å². The number of nitrogens with two attached hydrogens (primary N) is 1. The third kappa shape index (κ3) is 3.81. The van der Waals surface area contributed by atoms with Crippen LogP contribution in [0.3, 0.4) is 0 Å². The van der Waals surface area contributed by atoms with Crippen molar-refractivity contribution in [3.8, 4) is 0 Å². The van der Waals surface area contributed by atoms with E-state index in [-0.39, 0.29) is 5.54 Å². The molecule has 0 unspecified atom stereocenters. The minimum atomic E-state index is -0.0493. The van der Waals surface area contributed by atoms with Crippen LogP contribution >= 0.6 is 0 Å². The molecular formula is C12H23NO. The molecule has 1 aliphatic carbocycles. The smallest absolute Gasteiger partial charge is 0.0675 e. The first kappa shape index (κ1) is 11.7. The molecule has 1 aliphatic rings. The van der Waals surface area contributed by atoms with Gasteiger partial charge in [-0.1, -0.05) is 38.3 Å². The Labute approximate surface area is 87.5 Å². The second kappa shape index (κ2) is 5.52. The van der Waals surface area contributed by atoms with Gasteiger partial charge in [-0.15, -0.1) is 0 Å². The SMILES string of the molecule is C=C(CC)COCC1(N)CCCCC1. The highest BCUT2D eigenvalue weighted by Crippen LogP contribution is 2.26. The fraction of sp³-hybridized carbons (Fsp3) is 0.833. The molecule has 82 valence electrons. The quantitative estimate of drug-likeness (QED) is 0.688. The molecule has 0 aliphatic heterocycles. The van der Waals surface area contributed by atoms with Crippen molar-refractivity contribution < 1.29 is 4.74 Å². The average Bonchev–Trinajstić information content (AvgIpc) is 2.18. The van der Waals surface area contributed by atoms with Crippen LogP contribution in [0.25, 0.3) is 0 Å². The molecule has 0 aromatic rings. The van der Waals surface area contributed by atoms with E-state index in [1.807, 2.05) is 0 Å². The number of hydrogen-bond donors (Lipinski definition) is 1. The van der Waals surface area contributed by atoms with Crippen molar-refractivity contribution in [2.75, 3.05) is 13.2 Å². The zero-order valence-corrected chi connectivity index (χ0v) is 9.35. The lowest BCUT2D eigenvalue weighted by Gasteiger charge is -2.33. The van der Waals surface area contributed by atoms with Gasteiger partial charge in [0, 0.05) is 5.54 Å². The molecule has 2 heteroatoms. The summed E-state index contributed by atoms with van der Waals surface area (Å²) in [6.07, 6.45) is 7.08. The summed E-state index contributed by atoms with van der Waals surface area (Å²) in [4.78, 5) is 0. The van der Waals surface area contributed by atoms with E-state index >= 15 is 0 Å². The van der Waals surface area contributed by atoms with Gasteiger partial charge in [-0.25, -0.2) is 0 Å². The Morgan fingerprint density at radius 1 is 1.36 bits per heavy atom. The van der Waals surface area contributed by atoms with Crippen LogP contribution < -0.4 is 5.73 Å². The summed E-state index contributed by atoms with van der Waals surface area (Å²) in [5.41, 5.74) is 7.34. The molecule has 2 nitrogen and oxygen atoms in total. The second-order valence-electron chi connectivity index (χ2n) is 4.52. The first-order valence-corrected chi connectivity index (χ1v) is 5.69. The topological polar surface area (TPSA) is 35.2 Å². The van der Waals surface area contributed by atoms with E-state index in [1.165, 1.54) is 19.3 Å². The van der Waals surface area contributed by atoms with E-state index in [2.05, 4.69) is 13.5 Å². The minimum absolute atomic E-state index is 0.0493. The van der Waals surface area contributed by atoms with Crippen molar-refractivity contribution in [3.05, 3.63) is 12.2 Å². The summed E-state index contributed by atoms with van der Waals surface area (Å²) >= 11 is 0. The Balaban J connectivity index is 2.18. The summed E-state index contributed by atoms with van der Waals surface area (Å²) in [6, 6.07) is 0. The summed E-state index contributed by atoms with van der Waals surface area (Å²) in [7, 11) is 0. The van der Waals surface area contributed by atoms with Gasteiger partial charge in [0.2, 0.25) is 0 Å². The molecule has 0 heterocycles. The van der Waals surface area contributed by atoms with Crippen LogP contribution in [0, 0.1) is 0 Å². The Morgan fingerprint density at radius 2 is 2.00 bits per heavy atom. The molecule has 0 aromatic heterocycles. The van der Waals surface area contributed by atoms with Crippen molar-refractivity contribution >= 4 is 0 Å². The number of rotatable bonds is 5. The average molecular weight is 197 g/mol. The zero-order chi connectivity index (χ0) is 10.4. The molecule has 2 N–H and O–H groups in total. The standard InChI is InChI=1S/C12H23NO/c1-3-11(2)9-14-10-12(13)7-5-4-6-8-12/h2-10,13H2,1H3. The van der Waals surface area contributed by atoms with Gasteiger partial charge in [0.25, 0.3) is 0 Å². The maximum absolute atomic E-state index is 6.23. The molecule has 0 bridgehead atoms. The van der Waals surface area contributed by atoms with Gasteiger partial charge in [-0.3, -0.25) is 0 Å². The molecule has 14 heavy (non-hydrogen) atoms. The highest BCUT2D eigenvalue weighted by molar-refractivity contribution is 4.93. The zero-order valence-electron chi connectivity index (χ0n) is 9.35. The third-order valence-corrected chi connectivity index (χ3v) is 3.05. The maximum Gasteiger partial charge on any atom is 0.0675 e. The maximum atomic E-state index is 6.23. The largest absolute Gasteiger partial charge is 0.375 e. The predicted octanol–water partition coefficient (Wildman–Crippen LogP) is 2.63. The minimum Gasteiger partial charge on any atom is -0.375 e. The fourth-order valence-corrected chi connectivity index (χ4v) is 1.90. The van der Waals surface area contributed by atoms with Crippen LogP contribution in [0.15, 0.2) is 12.2 Å². The lowest BCUT2D eigenvalue weighted by atomic mass is 9.83. The molecule has 1 fully saturated rings. The third-order valence-electron chi connectivity index (χ3n) is 3.05. The van der Waals surface area contributed by atoms with Crippen molar-refractivity contribution in [3.63, 3.8) is 0 Å². The first-order chi connectivity index (χ1) is 6.66. The van der Waals surface area contributed by atoms with Crippen LogP contribution in [0.4, 0.5) is 0 Å².